The number of hydrogen-bond acceptors (Lipinski definition) is 10. The van der Waals surface area contributed by atoms with Gasteiger partial charge in [-0.2, -0.15) is 13.2 Å². The number of alkyl halides is 3. The molecule has 2 fully saturated rings. The molecule has 0 aromatic carbocycles. The molecule has 0 aliphatic carbocycles. The molecule has 2 aliphatic heterocycles. The highest BCUT2D eigenvalue weighted by atomic mass is 19.4. The predicted octanol–water partition coefficient (Wildman–Crippen LogP) is 0.542. The number of fused-ring (bicyclic) bond motifs is 1. The third-order valence-corrected chi connectivity index (χ3v) is 6.08. The molecule has 2 saturated heterocycles. The van der Waals surface area contributed by atoms with Crippen molar-refractivity contribution in [3.8, 4) is 0 Å². The number of halogens is 3. The number of pyridine rings is 1. The van der Waals surface area contributed by atoms with E-state index in [1.165, 1.54) is 23.3 Å². The van der Waals surface area contributed by atoms with Crippen molar-refractivity contribution in [3.05, 3.63) is 36.5 Å². The first-order chi connectivity index (χ1) is 16.3. The Morgan fingerprint density at radius 2 is 1.94 bits per heavy atom. The summed E-state index contributed by atoms with van der Waals surface area (Å²) in [5.74, 6) is 0.904. The molecule has 4 N–H and O–H groups in total. The lowest BCUT2D eigenvalue weighted by molar-refractivity contribution is -0.137. The Morgan fingerprint density at radius 3 is 2.62 bits per heavy atom. The van der Waals surface area contributed by atoms with Crippen molar-refractivity contribution in [2.45, 2.75) is 43.2 Å². The first-order valence-corrected chi connectivity index (χ1v) is 10.6. The summed E-state index contributed by atoms with van der Waals surface area (Å²) in [5.41, 5.74) is -0.00350. The van der Waals surface area contributed by atoms with Gasteiger partial charge in [0.05, 0.1) is 18.5 Å². The summed E-state index contributed by atoms with van der Waals surface area (Å²) < 4.78 is 45.4. The fourth-order valence-electron chi connectivity index (χ4n) is 4.27. The zero-order chi connectivity index (χ0) is 24.0. The molecule has 0 radical (unpaired) electrons. The van der Waals surface area contributed by atoms with Crippen LogP contribution in [0.4, 0.5) is 24.8 Å². The molecule has 3 aromatic rings. The van der Waals surface area contributed by atoms with Crippen molar-refractivity contribution in [2.75, 3.05) is 29.9 Å². The van der Waals surface area contributed by atoms with Crippen molar-refractivity contribution < 1.29 is 33.2 Å². The zero-order valence-electron chi connectivity index (χ0n) is 17.7. The molecule has 3 aromatic heterocycles. The van der Waals surface area contributed by atoms with E-state index in [-0.39, 0.29) is 6.04 Å². The first-order valence-electron chi connectivity index (χ1n) is 10.6. The van der Waals surface area contributed by atoms with Gasteiger partial charge in [-0.3, -0.25) is 4.57 Å². The molecule has 0 bridgehead atoms. The first kappa shape index (κ1) is 22.7. The van der Waals surface area contributed by atoms with Crippen LogP contribution in [0.1, 0.15) is 18.2 Å². The van der Waals surface area contributed by atoms with E-state index >= 15 is 0 Å². The largest absolute Gasteiger partial charge is 0.417 e. The van der Waals surface area contributed by atoms with Gasteiger partial charge >= 0.3 is 6.18 Å². The zero-order valence-corrected chi connectivity index (χ0v) is 17.7. The van der Waals surface area contributed by atoms with E-state index in [9.17, 15) is 28.5 Å². The Hall–Kier alpha value is -3.07. The van der Waals surface area contributed by atoms with Crippen LogP contribution in [0.25, 0.3) is 11.2 Å². The maximum Gasteiger partial charge on any atom is 0.417 e. The van der Waals surface area contributed by atoms with Gasteiger partial charge in [0, 0.05) is 25.3 Å². The average molecular weight is 481 g/mol. The number of nitrogens with zero attached hydrogens (tertiary/aromatic N) is 6. The van der Waals surface area contributed by atoms with Gasteiger partial charge in [-0.15, -0.1) is 0 Å². The van der Waals surface area contributed by atoms with Crippen LogP contribution in [0.15, 0.2) is 31.0 Å². The van der Waals surface area contributed by atoms with Crippen molar-refractivity contribution >= 4 is 22.8 Å². The number of ether oxygens (including phenoxy) is 1. The maximum absolute atomic E-state index is 12.8. The van der Waals surface area contributed by atoms with E-state index in [1.54, 1.807) is 0 Å². The average Bonchev–Trinajstić information content (AvgIpc) is 3.52. The normalized spacial score (nSPS) is 27.6. The Bertz CT molecular complexity index is 1160. The minimum atomic E-state index is -4.43. The second kappa shape index (κ2) is 8.61. The van der Waals surface area contributed by atoms with E-state index in [4.69, 9.17) is 4.74 Å². The molecule has 182 valence electrons. The summed E-state index contributed by atoms with van der Waals surface area (Å²) in [7, 11) is 0. The highest BCUT2D eigenvalue weighted by Gasteiger charge is 2.44. The third kappa shape index (κ3) is 4.02. The molecule has 14 heteroatoms. The number of anilines is 2. The smallest absolute Gasteiger partial charge is 0.394 e. The minimum absolute atomic E-state index is 0.0683. The lowest BCUT2D eigenvalue weighted by atomic mass is 10.1. The quantitative estimate of drug-likeness (QED) is 0.408. The van der Waals surface area contributed by atoms with E-state index in [0.717, 1.165) is 12.3 Å². The minimum Gasteiger partial charge on any atom is -0.394 e. The molecule has 34 heavy (non-hydrogen) atoms. The maximum atomic E-state index is 12.8. The number of hydrogen-bond donors (Lipinski definition) is 4. The van der Waals surface area contributed by atoms with Crippen LogP contribution in [0.3, 0.4) is 0 Å². The van der Waals surface area contributed by atoms with Gasteiger partial charge in [0.25, 0.3) is 0 Å². The molecule has 5 atom stereocenters. The summed E-state index contributed by atoms with van der Waals surface area (Å²) in [6.07, 6.45) is -4.60. The topological polar surface area (TPSA) is 142 Å². The number of nitrogens with one attached hydrogen (secondary N) is 1. The van der Waals surface area contributed by atoms with Crippen LogP contribution < -0.4 is 10.2 Å². The highest BCUT2D eigenvalue weighted by Crippen LogP contribution is 2.33. The van der Waals surface area contributed by atoms with E-state index in [2.05, 4.69) is 25.3 Å². The van der Waals surface area contributed by atoms with E-state index in [1.807, 2.05) is 4.90 Å². The fourth-order valence-corrected chi connectivity index (χ4v) is 4.27. The summed E-state index contributed by atoms with van der Waals surface area (Å²) >= 11 is 0. The number of aliphatic hydroxyl groups is 3. The lowest BCUT2D eigenvalue weighted by Crippen LogP contribution is -2.33. The van der Waals surface area contributed by atoms with Crippen LogP contribution in [-0.4, -0.2) is 83.9 Å². The Kier molecular flexibility index (Phi) is 5.75. The van der Waals surface area contributed by atoms with Crippen LogP contribution in [0.2, 0.25) is 0 Å². The molecule has 0 spiro atoms. The van der Waals surface area contributed by atoms with Gasteiger partial charge in [0.2, 0.25) is 0 Å². The van der Waals surface area contributed by atoms with Crippen LogP contribution in [-0.2, 0) is 10.9 Å². The summed E-state index contributed by atoms with van der Waals surface area (Å²) in [6, 6.07) is 2.30. The monoisotopic (exact) mass is 481 g/mol. The predicted molar refractivity (Wildman–Crippen MR) is 112 cm³/mol. The van der Waals surface area contributed by atoms with Crippen molar-refractivity contribution in [1.29, 1.82) is 0 Å². The number of aliphatic hydroxyl groups excluding tert-OH is 3. The number of imidazole rings is 1. The summed E-state index contributed by atoms with van der Waals surface area (Å²) in [5, 5.41) is 33.0. The standard InChI is InChI=1S/C20H22F3N7O4/c21-20(22,23)10-1-2-13(24-5-10)29-4-3-11(6-29)28-17-14-18(26-8-25-17)30(9-27-14)19-16(33)15(32)12(7-31)34-19/h1-2,5,8-9,11-12,15-16,19,31-33H,3-4,6-7H2,(H,25,26,28)/t11-,12-,15-,16-,19-/m1/s1. The van der Waals surface area contributed by atoms with Gasteiger partial charge in [-0.25, -0.2) is 19.9 Å². The molecule has 5 heterocycles. The summed E-state index contributed by atoms with van der Waals surface area (Å²) in [6.45, 7) is 0.649. The van der Waals surface area contributed by atoms with Gasteiger partial charge in [-0.05, 0) is 18.6 Å². The number of rotatable bonds is 5. The second-order valence-electron chi connectivity index (χ2n) is 8.25. The Morgan fingerprint density at radius 1 is 1.12 bits per heavy atom. The molecule has 2 aliphatic rings. The molecule has 5 rings (SSSR count). The molecule has 0 amide bonds. The summed E-state index contributed by atoms with van der Waals surface area (Å²) in [4.78, 5) is 18.7. The Labute approximate surface area is 190 Å². The number of aromatic nitrogens is 5. The van der Waals surface area contributed by atoms with Crippen LogP contribution in [0, 0.1) is 0 Å². The van der Waals surface area contributed by atoms with Crippen LogP contribution in [0.5, 0.6) is 0 Å². The molecular weight excluding hydrogens is 459 g/mol. The molecular formula is C20H22F3N7O4. The molecule has 0 saturated carbocycles. The highest BCUT2D eigenvalue weighted by molar-refractivity contribution is 5.83. The van der Waals surface area contributed by atoms with Crippen LogP contribution >= 0.6 is 0 Å². The van der Waals surface area contributed by atoms with Gasteiger partial charge in [0.15, 0.2) is 23.2 Å². The van der Waals surface area contributed by atoms with Gasteiger partial charge in [-0.1, -0.05) is 0 Å². The van der Waals surface area contributed by atoms with E-state index in [0.29, 0.717) is 42.3 Å². The second-order valence-corrected chi connectivity index (χ2v) is 8.25. The molecule has 11 nitrogen and oxygen atoms in total. The third-order valence-electron chi connectivity index (χ3n) is 6.08. The molecule has 0 unspecified atom stereocenters. The Balaban J connectivity index is 1.31. The van der Waals surface area contributed by atoms with E-state index < -0.39 is 42.9 Å². The van der Waals surface area contributed by atoms with Crippen molar-refractivity contribution in [2.24, 2.45) is 0 Å². The SMILES string of the molecule is OC[C@H]1O[C@@H](n2cnc3c(N[C@@H]4CCN(c5ccc(C(F)(F)F)cn5)C4)ncnc32)[C@H](O)[C@@H]1O. The van der Waals surface area contributed by atoms with Gasteiger partial charge in [0.1, 0.15) is 30.5 Å². The lowest BCUT2D eigenvalue weighted by Gasteiger charge is -2.19. The van der Waals surface area contributed by atoms with Gasteiger partial charge < -0.3 is 30.3 Å². The fraction of sp³-hybridized carbons (Fsp3) is 0.500. The van der Waals surface area contributed by atoms with Crippen molar-refractivity contribution in [1.82, 2.24) is 24.5 Å². The van der Waals surface area contributed by atoms with Crippen molar-refractivity contribution in [3.63, 3.8) is 0 Å².